The number of ether oxygens (including phenoxy) is 3. The highest BCUT2D eigenvalue weighted by Gasteiger charge is 2.41. The Morgan fingerprint density at radius 3 is 2.66 bits per heavy atom. The zero-order chi connectivity index (χ0) is 22.7. The molecule has 2 aromatic carbocycles. The Balaban J connectivity index is 1.63. The standard InChI is InChI=1S/C25H22N2O5/c1-30-25(29)23-21(22-19(28)7-4-8-20(22)32-24(23)27)15-9-11-18(12-10-15)31-14-17-6-3-2-5-16(17)13-26/h2-3,5-6,9-12,21H,4,7-8,14,27H2,1H3/t21-/m1/s1. The Labute approximate surface area is 185 Å². The molecule has 0 saturated heterocycles. The first-order valence-electron chi connectivity index (χ1n) is 10.3. The highest BCUT2D eigenvalue weighted by molar-refractivity contribution is 6.03. The largest absolute Gasteiger partial charge is 0.489 e. The molecule has 7 heteroatoms. The SMILES string of the molecule is COC(=O)C1=C(N)OC2=C(C(=O)CCC2)[C@H]1c1ccc(OCc2ccccc2C#N)cc1. The first kappa shape index (κ1) is 21.2. The summed E-state index contributed by atoms with van der Waals surface area (Å²) in [6.45, 7) is 0.244. The summed E-state index contributed by atoms with van der Waals surface area (Å²) in [6, 6.07) is 16.5. The molecule has 2 aromatic rings. The molecule has 1 aliphatic carbocycles. The topological polar surface area (TPSA) is 112 Å². The van der Waals surface area contributed by atoms with Gasteiger partial charge in [0.2, 0.25) is 5.88 Å². The monoisotopic (exact) mass is 430 g/mol. The third-order valence-electron chi connectivity index (χ3n) is 5.64. The Morgan fingerprint density at radius 2 is 1.94 bits per heavy atom. The molecule has 1 atom stereocenters. The van der Waals surface area contributed by atoms with Gasteiger partial charge in [0, 0.05) is 24.0 Å². The second kappa shape index (κ2) is 8.98. The van der Waals surface area contributed by atoms with Gasteiger partial charge in [0.05, 0.1) is 24.7 Å². The van der Waals surface area contributed by atoms with Crippen LogP contribution in [0.15, 0.2) is 71.3 Å². The fraction of sp³-hybridized carbons (Fsp3) is 0.240. The fourth-order valence-corrected chi connectivity index (χ4v) is 4.07. The number of methoxy groups -OCH3 is 1. The summed E-state index contributed by atoms with van der Waals surface area (Å²) in [5.41, 5.74) is 8.71. The Kier molecular flexibility index (Phi) is 5.95. The molecule has 0 saturated carbocycles. The number of ketones is 1. The summed E-state index contributed by atoms with van der Waals surface area (Å²) < 4.78 is 16.4. The number of carbonyl (C=O) groups excluding carboxylic acids is 2. The van der Waals surface area contributed by atoms with Gasteiger partial charge < -0.3 is 19.9 Å². The molecule has 1 aliphatic heterocycles. The second-order valence-corrected chi connectivity index (χ2v) is 7.54. The highest BCUT2D eigenvalue weighted by Crippen LogP contribution is 2.44. The van der Waals surface area contributed by atoms with E-state index in [0.29, 0.717) is 47.5 Å². The summed E-state index contributed by atoms with van der Waals surface area (Å²) in [5.74, 6) is -0.278. The molecule has 0 unspecified atom stereocenters. The van der Waals surface area contributed by atoms with Gasteiger partial charge in [0.25, 0.3) is 0 Å². The van der Waals surface area contributed by atoms with Crippen molar-refractivity contribution in [1.29, 1.82) is 5.26 Å². The van der Waals surface area contributed by atoms with Crippen molar-refractivity contribution in [2.45, 2.75) is 31.8 Å². The van der Waals surface area contributed by atoms with E-state index < -0.39 is 11.9 Å². The third kappa shape index (κ3) is 3.95. The Bertz CT molecular complexity index is 1170. The number of hydrogen-bond donors (Lipinski definition) is 1. The molecule has 0 aromatic heterocycles. The highest BCUT2D eigenvalue weighted by atomic mass is 16.5. The smallest absolute Gasteiger partial charge is 0.340 e. The van der Waals surface area contributed by atoms with E-state index in [9.17, 15) is 14.9 Å². The van der Waals surface area contributed by atoms with Gasteiger partial charge in [0.1, 0.15) is 23.7 Å². The van der Waals surface area contributed by atoms with Gasteiger partial charge in [-0.2, -0.15) is 5.26 Å². The van der Waals surface area contributed by atoms with Crippen LogP contribution in [0.1, 0.15) is 41.9 Å². The number of esters is 1. The maximum absolute atomic E-state index is 12.8. The fourth-order valence-electron chi connectivity index (χ4n) is 4.07. The van der Waals surface area contributed by atoms with E-state index >= 15 is 0 Å². The lowest BCUT2D eigenvalue weighted by atomic mass is 9.77. The van der Waals surface area contributed by atoms with Crippen LogP contribution >= 0.6 is 0 Å². The first-order valence-corrected chi connectivity index (χ1v) is 10.3. The molecular formula is C25H22N2O5. The molecule has 0 fully saturated rings. The number of Topliss-reactive ketones (excluding diaryl/α,β-unsaturated/α-hetero) is 1. The molecule has 7 nitrogen and oxygen atoms in total. The normalized spacial score (nSPS) is 17.9. The van der Waals surface area contributed by atoms with Gasteiger partial charge in [-0.15, -0.1) is 0 Å². The van der Waals surface area contributed by atoms with E-state index in [1.54, 1.807) is 36.4 Å². The van der Waals surface area contributed by atoms with Crippen molar-refractivity contribution in [3.8, 4) is 11.8 Å². The number of nitrogens with two attached hydrogens (primary N) is 1. The number of nitriles is 1. The molecule has 0 bridgehead atoms. The van der Waals surface area contributed by atoms with Crippen LogP contribution < -0.4 is 10.5 Å². The van der Waals surface area contributed by atoms with Crippen molar-refractivity contribution in [3.63, 3.8) is 0 Å². The van der Waals surface area contributed by atoms with Crippen LogP contribution in [0.3, 0.4) is 0 Å². The maximum Gasteiger partial charge on any atom is 0.340 e. The lowest BCUT2D eigenvalue weighted by molar-refractivity contribution is -0.136. The predicted octanol–water partition coefficient (Wildman–Crippen LogP) is 3.60. The molecule has 1 heterocycles. The minimum Gasteiger partial charge on any atom is -0.489 e. The molecule has 0 radical (unpaired) electrons. The molecule has 0 spiro atoms. The van der Waals surface area contributed by atoms with E-state index in [1.165, 1.54) is 7.11 Å². The molecular weight excluding hydrogens is 408 g/mol. The first-order chi connectivity index (χ1) is 15.5. The van der Waals surface area contributed by atoms with Crippen molar-refractivity contribution in [3.05, 3.63) is 88.0 Å². The average molecular weight is 430 g/mol. The van der Waals surface area contributed by atoms with Gasteiger partial charge in [-0.1, -0.05) is 30.3 Å². The van der Waals surface area contributed by atoms with Crippen molar-refractivity contribution in [2.75, 3.05) is 7.11 Å². The molecule has 2 aliphatic rings. The van der Waals surface area contributed by atoms with Crippen molar-refractivity contribution < 1.29 is 23.8 Å². The predicted molar refractivity (Wildman–Crippen MR) is 115 cm³/mol. The molecule has 4 rings (SSSR count). The number of benzene rings is 2. The van der Waals surface area contributed by atoms with E-state index in [2.05, 4.69) is 6.07 Å². The van der Waals surface area contributed by atoms with Crippen molar-refractivity contribution in [2.24, 2.45) is 5.73 Å². The number of nitrogens with zero attached hydrogens (tertiary/aromatic N) is 1. The van der Waals surface area contributed by atoms with E-state index in [4.69, 9.17) is 19.9 Å². The number of hydrogen-bond acceptors (Lipinski definition) is 7. The lowest BCUT2D eigenvalue weighted by Gasteiger charge is -2.32. The van der Waals surface area contributed by atoms with Crippen LogP contribution in [-0.4, -0.2) is 18.9 Å². The van der Waals surface area contributed by atoms with Crippen LogP contribution in [0.25, 0.3) is 0 Å². The van der Waals surface area contributed by atoms with Crippen LogP contribution in [0, 0.1) is 11.3 Å². The van der Waals surface area contributed by atoms with Gasteiger partial charge in [-0.05, 0) is 30.2 Å². The van der Waals surface area contributed by atoms with Crippen LogP contribution in [-0.2, 0) is 25.7 Å². The van der Waals surface area contributed by atoms with Gasteiger partial charge in [-0.3, -0.25) is 4.79 Å². The number of rotatable bonds is 5. The minimum absolute atomic E-state index is 0.0382. The minimum atomic E-state index is -0.660. The number of allylic oxidation sites excluding steroid dienone is 2. The zero-order valence-corrected chi connectivity index (χ0v) is 17.6. The van der Waals surface area contributed by atoms with Crippen LogP contribution in [0.2, 0.25) is 0 Å². The van der Waals surface area contributed by atoms with Crippen molar-refractivity contribution >= 4 is 11.8 Å². The van der Waals surface area contributed by atoms with Crippen LogP contribution in [0.5, 0.6) is 5.75 Å². The van der Waals surface area contributed by atoms with Gasteiger partial charge >= 0.3 is 5.97 Å². The summed E-state index contributed by atoms with van der Waals surface area (Å²) in [5, 5.41) is 9.22. The summed E-state index contributed by atoms with van der Waals surface area (Å²) >= 11 is 0. The summed E-state index contributed by atoms with van der Waals surface area (Å²) in [6.07, 6.45) is 1.67. The second-order valence-electron chi connectivity index (χ2n) is 7.54. The average Bonchev–Trinajstić information content (AvgIpc) is 2.82. The molecule has 2 N–H and O–H groups in total. The quantitative estimate of drug-likeness (QED) is 0.721. The van der Waals surface area contributed by atoms with Gasteiger partial charge in [0.15, 0.2) is 5.78 Å². The number of carbonyl (C=O) groups is 2. The van der Waals surface area contributed by atoms with Gasteiger partial charge in [-0.25, -0.2) is 4.79 Å². The molecule has 32 heavy (non-hydrogen) atoms. The van der Waals surface area contributed by atoms with Crippen molar-refractivity contribution in [1.82, 2.24) is 0 Å². The maximum atomic E-state index is 12.8. The third-order valence-corrected chi connectivity index (χ3v) is 5.64. The lowest BCUT2D eigenvalue weighted by Crippen LogP contribution is -2.31. The molecule has 162 valence electrons. The van der Waals surface area contributed by atoms with E-state index in [1.807, 2.05) is 12.1 Å². The summed E-state index contributed by atoms with van der Waals surface area (Å²) in [7, 11) is 1.27. The van der Waals surface area contributed by atoms with Crippen LogP contribution in [0.4, 0.5) is 0 Å². The molecule has 0 amide bonds. The Morgan fingerprint density at radius 1 is 1.19 bits per heavy atom. The van der Waals surface area contributed by atoms with E-state index in [0.717, 1.165) is 5.56 Å². The zero-order valence-electron chi connectivity index (χ0n) is 17.6. The van der Waals surface area contributed by atoms with E-state index in [-0.39, 0.29) is 23.8 Å². The Hall–Kier alpha value is -4.05. The summed E-state index contributed by atoms with van der Waals surface area (Å²) in [4.78, 5) is 25.3.